The molecular weight excluding hydrogens is 340 g/mol. The van der Waals surface area contributed by atoms with E-state index in [1.807, 2.05) is 0 Å². The summed E-state index contributed by atoms with van der Waals surface area (Å²) in [6.45, 7) is 3.51. The zero-order chi connectivity index (χ0) is 18.6. The topological polar surface area (TPSA) is 6.48 Å². The highest BCUT2D eigenvalue weighted by molar-refractivity contribution is 6.08. The fourth-order valence-corrected chi connectivity index (χ4v) is 5.82. The van der Waals surface area contributed by atoms with Crippen molar-refractivity contribution >= 4 is 28.2 Å². The number of anilines is 1. The fraction of sp³-hybridized carbons (Fsp3) is 0.308. The SMILES string of the molecule is C1=C(N2CCC3(CCCN3c3ccccc3)CC2)c2cccc3cccc1c23. The molecule has 0 radical (unpaired) electrons. The minimum absolute atomic E-state index is 0.357. The summed E-state index contributed by atoms with van der Waals surface area (Å²) in [5.74, 6) is 0. The molecule has 0 unspecified atom stereocenters. The number of rotatable bonds is 2. The summed E-state index contributed by atoms with van der Waals surface area (Å²) in [4.78, 5) is 5.35. The second-order valence-corrected chi connectivity index (χ2v) is 8.58. The van der Waals surface area contributed by atoms with Gasteiger partial charge in [-0.3, -0.25) is 0 Å². The molecule has 0 N–H and O–H groups in total. The number of benzene rings is 3. The Morgan fingerprint density at radius 3 is 2.32 bits per heavy atom. The summed E-state index contributed by atoms with van der Waals surface area (Å²) in [5, 5.41) is 2.80. The molecule has 0 aromatic heterocycles. The van der Waals surface area contributed by atoms with Crippen molar-refractivity contribution in [3.63, 3.8) is 0 Å². The summed E-state index contributed by atoms with van der Waals surface area (Å²) < 4.78 is 0. The van der Waals surface area contributed by atoms with E-state index in [0.717, 1.165) is 13.1 Å². The van der Waals surface area contributed by atoms with Crippen LogP contribution in [-0.2, 0) is 0 Å². The largest absolute Gasteiger partial charge is 0.371 e. The van der Waals surface area contributed by atoms with E-state index in [-0.39, 0.29) is 0 Å². The van der Waals surface area contributed by atoms with Gasteiger partial charge in [-0.2, -0.15) is 0 Å². The Morgan fingerprint density at radius 2 is 1.50 bits per heavy atom. The lowest BCUT2D eigenvalue weighted by Gasteiger charge is -2.47. The van der Waals surface area contributed by atoms with Crippen molar-refractivity contribution in [1.82, 2.24) is 4.90 Å². The Balaban J connectivity index is 1.28. The van der Waals surface area contributed by atoms with E-state index in [0.29, 0.717) is 5.54 Å². The molecule has 2 heterocycles. The van der Waals surface area contributed by atoms with Gasteiger partial charge in [0.15, 0.2) is 0 Å². The average Bonchev–Trinajstić information content (AvgIpc) is 3.33. The van der Waals surface area contributed by atoms with E-state index in [9.17, 15) is 0 Å². The van der Waals surface area contributed by atoms with Crippen LogP contribution in [0.4, 0.5) is 5.69 Å². The molecule has 3 aromatic rings. The third-order valence-electron chi connectivity index (χ3n) is 7.20. The monoisotopic (exact) mass is 366 g/mol. The minimum Gasteiger partial charge on any atom is -0.371 e. The van der Waals surface area contributed by atoms with Crippen LogP contribution < -0.4 is 4.90 Å². The number of para-hydroxylation sites is 1. The van der Waals surface area contributed by atoms with Crippen LogP contribution in [0.3, 0.4) is 0 Å². The maximum absolute atomic E-state index is 2.71. The lowest BCUT2D eigenvalue weighted by Crippen LogP contribution is -2.51. The van der Waals surface area contributed by atoms with Crippen molar-refractivity contribution in [3.8, 4) is 0 Å². The lowest BCUT2D eigenvalue weighted by molar-refractivity contribution is 0.221. The van der Waals surface area contributed by atoms with Crippen molar-refractivity contribution in [2.75, 3.05) is 24.5 Å². The van der Waals surface area contributed by atoms with Crippen molar-refractivity contribution < 1.29 is 0 Å². The van der Waals surface area contributed by atoms with Gasteiger partial charge in [-0.25, -0.2) is 0 Å². The van der Waals surface area contributed by atoms with Gasteiger partial charge < -0.3 is 9.80 Å². The standard InChI is InChI=1S/C26H26N2/c1-2-10-22(11-3-1)28-16-6-13-26(28)14-17-27(18-15-26)24-19-21-9-4-7-20-8-5-12-23(24)25(20)21/h1-5,7-12,19H,6,13-18H2. The Kier molecular flexibility index (Phi) is 3.56. The van der Waals surface area contributed by atoms with Gasteiger partial charge in [0.25, 0.3) is 0 Å². The molecule has 0 atom stereocenters. The highest BCUT2D eigenvalue weighted by atomic mass is 15.3. The van der Waals surface area contributed by atoms with Gasteiger partial charge in [-0.15, -0.1) is 0 Å². The third-order valence-corrected chi connectivity index (χ3v) is 7.20. The smallest absolute Gasteiger partial charge is 0.0452 e. The third kappa shape index (κ3) is 2.33. The molecule has 2 fully saturated rings. The molecule has 28 heavy (non-hydrogen) atoms. The normalized spacial score (nSPS) is 20.2. The number of piperidine rings is 1. The first-order valence-electron chi connectivity index (χ1n) is 10.7. The van der Waals surface area contributed by atoms with E-state index in [4.69, 9.17) is 0 Å². The van der Waals surface area contributed by atoms with Crippen LogP contribution in [0.15, 0.2) is 66.7 Å². The number of hydrogen-bond donors (Lipinski definition) is 0. The van der Waals surface area contributed by atoms with Crippen LogP contribution in [0.5, 0.6) is 0 Å². The Bertz CT molecular complexity index is 1050. The molecule has 2 heteroatoms. The second kappa shape index (κ2) is 6.13. The first-order valence-corrected chi connectivity index (χ1v) is 10.7. The molecule has 2 aliphatic heterocycles. The molecule has 2 nitrogen and oxygen atoms in total. The predicted octanol–water partition coefficient (Wildman–Crippen LogP) is 5.79. The summed E-state index contributed by atoms with van der Waals surface area (Å²) in [7, 11) is 0. The lowest BCUT2D eigenvalue weighted by atomic mass is 9.84. The van der Waals surface area contributed by atoms with Gasteiger partial charge in [0, 0.05) is 42.1 Å². The molecule has 0 bridgehead atoms. The molecule has 2 saturated heterocycles. The predicted molar refractivity (Wildman–Crippen MR) is 118 cm³/mol. The van der Waals surface area contributed by atoms with Gasteiger partial charge in [0.05, 0.1) is 0 Å². The molecule has 1 spiro atoms. The van der Waals surface area contributed by atoms with Crippen LogP contribution in [0.1, 0.15) is 36.8 Å². The van der Waals surface area contributed by atoms with Crippen molar-refractivity contribution in [2.45, 2.75) is 31.2 Å². The zero-order valence-corrected chi connectivity index (χ0v) is 16.3. The number of hydrogen-bond acceptors (Lipinski definition) is 2. The first kappa shape index (κ1) is 16.2. The van der Waals surface area contributed by atoms with Crippen molar-refractivity contribution in [1.29, 1.82) is 0 Å². The summed E-state index contributed by atoms with van der Waals surface area (Å²) >= 11 is 0. The Labute approximate surface area is 167 Å². The van der Waals surface area contributed by atoms with Crippen LogP contribution in [0, 0.1) is 0 Å². The average molecular weight is 367 g/mol. The zero-order valence-electron chi connectivity index (χ0n) is 16.3. The first-order chi connectivity index (χ1) is 13.8. The maximum Gasteiger partial charge on any atom is 0.0452 e. The van der Waals surface area contributed by atoms with Crippen LogP contribution in [0.2, 0.25) is 0 Å². The molecular formula is C26H26N2. The van der Waals surface area contributed by atoms with E-state index in [2.05, 4.69) is 82.6 Å². The van der Waals surface area contributed by atoms with E-state index in [1.165, 1.54) is 65.5 Å². The van der Waals surface area contributed by atoms with Crippen LogP contribution in [-0.4, -0.2) is 30.1 Å². The molecule has 3 aliphatic rings. The quantitative estimate of drug-likeness (QED) is 0.567. The van der Waals surface area contributed by atoms with Crippen molar-refractivity contribution in [3.05, 3.63) is 77.9 Å². The van der Waals surface area contributed by atoms with Gasteiger partial charge in [-0.1, -0.05) is 54.6 Å². The molecule has 3 aromatic carbocycles. The summed E-state index contributed by atoms with van der Waals surface area (Å²) in [5.41, 5.74) is 6.01. The second-order valence-electron chi connectivity index (χ2n) is 8.58. The molecule has 6 rings (SSSR count). The Hall–Kier alpha value is -2.74. The highest BCUT2D eigenvalue weighted by Gasteiger charge is 2.43. The fourth-order valence-electron chi connectivity index (χ4n) is 5.82. The van der Waals surface area contributed by atoms with E-state index in [1.54, 1.807) is 0 Å². The highest BCUT2D eigenvalue weighted by Crippen LogP contribution is 2.44. The van der Waals surface area contributed by atoms with Gasteiger partial charge >= 0.3 is 0 Å². The maximum atomic E-state index is 2.71. The number of nitrogens with zero attached hydrogens (tertiary/aromatic N) is 2. The molecule has 0 saturated carbocycles. The van der Waals surface area contributed by atoms with Gasteiger partial charge in [0.2, 0.25) is 0 Å². The van der Waals surface area contributed by atoms with E-state index >= 15 is 0 Å². The summed E-state index contributed by atoms with van der Waals surface area (Å²) in [6, 6.07) is 24.5. The molecule has 1 aliphatic carbocycles. The minimum atomic E-state index is 0.357. The van der Waals surface area contributed by atoms with Crippen LogP contribution >= 0.6 is 0 Å². The Morgan fingerprint density at radius 1 is 0.714 bits per heavy atom. The van der Waals surface area contributed by atoms with Crippen LogP contribution in [0.25, 0.3) is 22.5 Å². The number of likely N-dealkylation sites (tertiary alicyclic amines) is 1. The summed E-state index contributed by atoms with van der Waals surface area (Å²) in [6.07, 6.45) is 7.59. The molecule has 140 valence electrons. The van der Waals surface area contributed by atoms with Gasteiger partial charge in [-0.05, 0) is 60.2 Å². The van der Waals surface area contributed by atoms with Gasteiger partial charge in [0.1, 0.15) is 0 Å². The molecule has 0 amide bonds. The van der Waals surface area contributed by atoms with E-state index < -0.39 is 0 Å². The van der Waals surface area contributed by atoms with Crippen molar-refractivity contribution in [2.24, 2.45) is 0 Å².